The number of aliphatic hydroxyl groups is 1. The highest BCUT2D eigenvalue weighted by atomic mass is 16.3. The summed E-state index contributed by atoms with van der Waals surface area (Å²) in [5, 5.41) is 9.26. The van der Waals surface area contributed by atoms with E-state index in [9.17, 15) is 5.11 Å². The molecule has 16 heavy (non-hydrogen) atoms. The second-order valence-corrected chi connectivity index (χ2v) is 5.63. The molecular formula is C14H29NO. The molecular weight excluding hydrogens is 198 g/mol. The molecule has 1 unspecified atom stereocenters. The van der Waals surface area contributed by atoms with Crippen LogP contribution in [0.4, 0.5) is 0 Å². The topological polar surface area (TPSA) is 23.5 Å². The van der Waals surface area contributed by atoms with Gasteiger partial charge in [-0.2, -0.15) is 0 Å². The van der Waals surface area contributed by atoms with Gasteiger partial charge in [0.1, 0.15) is 0 Å². The highest BCUT2D eigenvalue weighted by molar-refractivity contribution is 4.80. The molecule has 1 atom stereocenters. The first kappa shape index (κ1) is 14.0. The highest BCUT2D eigenvalue weighted by Gasteiger charge is 2.28. The molecule has 0 aromatic carbocycles. The highest BCUT2D eigenvalue weighted by Crippen LogP contribution is 2.28. The van der Waals surface area contributed by atoms with Crippen LogP contribution >= 0.6 is 0 Å². The van der Waals surface area contributed by atoms with Crippen LogP contribution in [0.1, 0.15) is 52.4 Å². The summed E-state index contributed by atoms with van der Waals surface area (Å²) in [6, 6.07) is 0. The molecule has 2 nitrogen and oxygen atoms in total. The summed E-state index contributed by atoms with van der Waals surface area (Å²) in [5.41, 5.74) is 0. The smallest absolute Gasteiger partial charge is 0.0546 e. The maximum atomic E-state index is 9.26. The van der Waals surface area contributed by atoms with Crippen LogP contribution in [0.5, 0.6) is 0 Å². The molecule has 1 rings (SSSR count). The number of hydrogen-bond acceptors (Lipinski definition) is 2. The molecule has 0 aromatic heterocycles. The van der Waals surface area contributed by atoms with Crippen molar-refractivity contribution in [3.8, 4) is 0 Å². The summed E-state index contributed by atoms with van der Waals surface area (Å²) >= 11 is 0. The lowest BCUT2D eigenvalue weighted by Crippen LogP contribution is -2.38. The molecule has 1 aliphatic carbocycles. The van der Waals surface area contributed by atoms with Crippen LogP contribution in [0.25, 0.3) is 0 Å². The van der Waals surface area contributed by atoms with Gasteiger partial charge in [0.2, 0.25) is 0 Å². The van der Waals surface area contributed by atoms with Gasteiger partial charge in [-0.25, -0.2) is 0 Å². The first-order valence-electron chi connectivity index (χ1n) is 7.02. The van der Waals surface area contributed by atoms with E-state index in [-0.39, 0.29) is 6.10 Å². The predicted molar refractivity (Wildman–Crippen MR) is 69.5 cm³/mol. The van der Waals surface area contributed by atoms with Gasteiger partial charge in [0.15, 0.2) is 0 Å². The van der Waals surface area contributed by atoms with Crippen LogP contribution in [0, 0.1) is 11.8 Å². The Morgan fingerprint density at radius 3 is 2.50 bits per heavy atom. The quantitative estimate of drug-likeness (QED) is 0.689. The van der Waals surface area contributed by atoms with Crippen molar-refractivity contribution in [2.45, 2.75) is 58.5 Å². The Hall–Kier alpha value is -0.0800. The number of aliphatic hydroxyl groups excluding tert-OH is 1. The fourth-order valence-electron chi connectivity index (χ4n) is 2.72. The predicted octanol–water partition coefficient (Wildman–Crippen LogP) is 2.91. The Labute approximate surface area is 101 Å². The molecule has 0 aromatic rings. The Morgan fingerprint density at radius 1 is 1.31 bits per heavy atom. The van der Waals surface area contributed by atoms with Crippen molar-refractivity contribution in [2.75, 3.05) is 20.1 Å². The minimum atomic E-state index is 0.000429. The molecule has 0 bridgehead atoms. The molecule has 0 saturated heterocycles. The summed E-state index contributed by atoms with van der Waals surface area (Å²) in [4.78, 5) is 2.47. The lowest BCUT2D eigenvalue weighted by atomic mass is 9.82. The largest absolute Gasteiger partial charge is 0.393 e. The second kappa shape index (κ2) is 7.29. The van der Waals surface area contributed by atoms with Gasteiger partial charge in [-0.05, 0) is 38.1 Å². The van der Waals surface area contributed by atoms with Crippen LogP contribution in [0.3, 0.4) is 0 Å². The van der Waals surface area contributed by atoms with Crippen LogP contribution < -0.4 is 0 Å². The average molecular weight is 227 g/mol. The number of nitrogens with zero attached hydrogens (tertiary/aromatic N) is 1. The second-order valence-electron chi connectivity index (χ2n) is 5.63. The zero-order valence-corrected chi connectivity index (χ0v) is 11.3. The van der Waals surface area contributed by atoms with E-state index in [4.69, 9.17) is 0 Å². The van der Waals surface area contributed by atoms with E-state index in [1.807, 2.05) is 0 Å². The van der Waals surface area contributed by atoms with Crippen LogP contribution in [0.2, 0.25) is 0 Å². The Bertz CT molecular complexity index is 178. The third kappa shape index (κ3) is 4.84. The maximum absolute atomic E-state index is 9.26. The van der Waals surface area contributed by atoms with Crippen molar-refractivity contribution in [1.29, 1.82) is 0 Å². The molecule has 0 heterocycles. The zero-order chi connectivity index (χ0) is 12.0. The van der Waals surface area contributed by atoms with Crippen LogP contribution in [-0.4, -0.2) is 36.2 Å². The van der Waals surface area contributed by atoms with Crippen molar-refractivity contribution in [1.82, 2.24) is 4.90 Å². The van der Waals surface area contributed by atoms with Crippen LogP contribution in [0.15, 0.2) is 0 Å². The molecule has 96 valence electrons. The molecule has 0 spiro atoms. The Morgan fingerprint density at radius 2 is 2.00 bits per heavy atom. The minimum absolute atomic E-state index is 0.000429. The molecule has 0 aliphatic heterocycles. The monoisotopic (exact) mass is 227 g/mol. The van der Waals surface area contributed by atoms with E-state index in [0.717, 1.165) is 24.7 Å². The van der Waals surface area contributed by atoms with Crippen molar-refractivity contribution in [2.24, 2.45) is 11.8 Å². The normalized spacial score (nSPS) is 26.8. The lowest BCUT2D eigenvalue weighted by Gasteiger charge is -2.35. The van der Waals surface area contributed by atoms with Crippen molar-refractivity contribution >= 4 is 0 Å². The maximum Gasteiger partial charge on any atom is 0.0546 e. The standard InChI is InChI=1S/C14H29NO/c1-4-6-7-12(5-2)10-15(3)11-13-8-14(16)9-13/h12-14,16H,4-11H2,1-3H3. The third-order valence-electron chi connectivity index (χ3n) is 3.89. The molecule has 1 fully saturated rings. The van der Waals surface area contributed by atoms with Gasteiger partial charge in [0.25, 0.3) is 0 Å². The SMILES string of the molecule is CCCCC(CC)CN(C)CC1CC(O)C1. The molecule has 1 N–H and O–H groups in total. The van der Waals surface area contributed by atoms with Crippen molar-refractivity contribution < 1.29 is 5.11 Å². The lowest BCUT2D eigenvalue weighted by molar-refractivity contribution is 0.0261. The average Bonchev–Trinajstić information content (AvgIpc) is 2.22. The van der Waals surface area contributed by atoms with Gasteiger partial charge in [0.05, 0.1) is 6.10 Å². The van der Waals surface area contributed by atoms with Crippen molar-refractivity contribution in [3.05, 3.63) is 0 Å². The van der Waals surface area contributed by atoms with E-state index in [2.05, 4.69) is 25.8 Å². The summed E-state index contributed by atoms with van der Waals surface area (Å²) in [7, 11) is 2.24. The first-order chi connectivity index (χ1) is 7.65. The molecule has 0 radical (unpaired) electrons. The van der Waals surface area contributed by atoms with E-state index >= 15 is 0 Å². The summed E-state index contributed by atoms with van der Waals surface area (Å²) in [6.45, 7) is 7.00. The molecule has 2 heteroatoms. The minimum Gasteiger partial charge on any atom is -0.393 e. The summed E-state index contributed by atoms with van der Waals surface area (Å²) in [6.07, 6.45) is 7.42. The van der Waals surface area contributed by atoms with Crippen LogP contribution in [-0.2, 0) is 0 Å². The van der Waals surface area contributed by atoms with Gasteiger partial charge in [-0.1, -0.05) is 33.1 Å². The van der Waals surface area contributed by atoms with Gasteiger partial charge >= 0.3 is 0 Å². The number of rotatable bonds is 8. The fourth-order valence-corrected chi connectivity index (χ4v) is 2.72. The van der Waals surface area contributed by atoms with E-state index in [0.29, 0.717) is 0 Å². The third-order valence-corrected chi connectivity index (χ3v) is 3.89. The summed E-state index contributed by atoms with van der Waals surface area (Å²) in [5.74, 6) is 1.62. The van der Waals surface area contributed by atoms with E-state index < -0.39 is 0 Å². The molecule has 1 aliphatic rings. The molecule has 1 saturated carbocycles. The van der Waals surface area contributed by atoms with E-state index in [1.165, 1.54) is 38.8 Å². The summed E-state index contributed by atoms with van der Waals surface area (Å²) < 4.78 is 0. The van der Waals surface area contributed by atoms with Gasteiger partial charge in [0, 0.05) is 13.1 Å². The van der Waals surface area contributed by atoms with E-state index in [1.54, 1.807) is 0 Å². The van der Waals surface area contributed by atoms with Gasteiger partial charge in [-0.3, -0.25) is 0 Å². The molecule has 0 amide bonds. The first-order valence-corrected chi connectivity index (χ1v) is 7.02. The Balaban J connectivity index is 2.12. The fraction of sp³-hybridized carbons (Fsp3) is 1.00. The number of hydrogen-bond donors (Lipinski definition) is 1. The van der Waals surface area contributed by atoms with Gasteiger partial charge < -0.3 is 10.0 Å². The van der Waals surface area contributed by atoms with Crippen molar-refractivity contribution in [3.63, 3.8) is 0 Å². The van der Waals surface area contributed by atoms with Gasteiger partial charge in [-0.15, -0.1) is 0 Å². The zero-order valence-electron chi connectivity index (χ0n) is 11.3. The number of unbranched alkanes of at least 4 members (excludes halogenated alkanes) is 1. The Kier molecular flexibility index (Phi) is 6.37.